The molecule has 1 amide bonds. The molecule has 2 aromatic rings. The summed E-state index contributed by atoms with van der Waals surface area (Å²) in [4.78, 5) is 17.0. The lowest BCUT2D eigenvalue weighted by atomic mass is 10.0. The van der Waals surface area contributed by atoms with Gasteiger partial charge in [0.25, 0.3) is 0 Å². The van der Waals surface area contributed by atoms with Crippen molar-refractivity contribution in [3.8, 4) is 5.75 Å². The third-order valence-electron chi connectivity index (χ3n) is 5.05. The minimum absolute atomic E-state index is 0.0758. The van der Waals surface area contributed by atoms with Crippen molar-refractivity contribution >= 4 is 15.9 Å². The third-order valence-corrected chi connectivity index (χ3v) is 7.13. The molecule has 7 nitrogen and oxygen atoms in total. The minimum atomic E-state index is -3.40. The van der Waals surface area contributed by atoms with Crippen LogP contribution in [0.25, 0.3) is 0 Å². The molecule has 8 heteroatoms. The first-order valence-corrected chi connectivity index (χ1v) is 12.0. The van der Waals surface area contributed by atoms with Gasteiger partial charge in [0.2, 0.25) is 15.9 Å². The Morgan fingerprint density at radius 1 is 1.23 bits per heavy atom. The molecule has 2 heterocycles. The second-order valence-electron chi connectivity index (χ2n) is 7.41. The number of benzene rings is 1. The molecule has 1 fully saturated rings. The van der Waals surface area contributed by atoms with E-state index in [1.165, 1.54) is 4.31 Å². The van der Waals surface area contributed by atoms with Crippen LogP contribution in [-0.2, 0) is 28.0 Å². The molecule has 0 aliphatic carbocycles. The van der Waals surface area contributed by atoms with Gasteiger partial charge in [-0.3, -0.25) is 9.78 Å². The van der Waals surface area contributed by atoms with E-state index >= 15 is 0 Å². The van der Waals surface area contributed by atoms with E-state index in [-0.39, 0.29) is 11.7 Å². The highest BCUT2D eigenvalue weighted by atomic mass is 32.2. The molecule has 1 aliphatic rings. The predicted molar refractivity (Wildman–Crippen MR) is 115 cm³/mol. The van der Waals surface area contributed by atoms with Crippen LogP contribution in [0, 0.1) is 0 Å². The van der Waals surface area contributed by atoms with Gasteiger partial charge in [-0.15, -0.1) is 0 Å². The predicted octanol–water partition coefficient (Wildman–Crippen LogP) is 2.87. The number of nitrogens with zero attached hydrogens (tertiary/aromatic N) is 2. The molecule has 1 atom stereocenters. The number of nitrogens with one attached hydrogen (secondary N) is 1. The number of carbonyl (C=O) groups excluding carboxylic acids is 1. The highest BCUT2D eigenvalue weighted by Gasteiger charge is 2.35. The molecule has 3 rings (SSSR count). The van der Waals surface area contributed by atoms with Crippen LogP contribution in [0.2, 0.25) is 0 Å². The van der Waals surface area contributed by atoms with Crippen molar-refractivity contribution in [2.75, 3.05) is 12.3 Å². The summed E-state index contributed by atoms with van der Waals surface area (Å²) in [5.74, 6) is 0.526. The molecule has 1 aromatic carbocycles. The molecule has 1 saturated heterocycles. The number of hydrogen-bond donors (Lipinski definition) is 1. The van der Waals surface area contributed by atoms with Crippen LogP contribution >= 0.6 is 0 Å². The summed E-state index contributed by atoms with van der Waals surface area (Å²) < 4.78 is 32.2. The number of rotatable bonds is 9. The second kappa shape index (κ2) is 10.5. The number of amides is 1. The Balaban J connectivity index is 1.58. The van der Waals surface area contributed by atoms with Crippen LogP contribution in [-0.4, -0.2) is 42.0 Å². The van der Waals surface area contributed by atoms with Gasteiger partial charge >= 0.3 is 0 Å². The number of aromatic nitrogens is 1. The van der Waals surface area contributed by atoms with Gasteiger partial charge < -0.3 is 10.1 Å². The Morgan fingerprint density at radius 3 is 2.87 bits per heavy atom. The van der Waals surface area contributed by atoms with Crippen LogP contribution in [0.1, 0.15) is 43.9 Å². The quantitative estimate of drug-likeness (QED) is 0.660. The van der Waals surface area contributed by atoms with Crippen LogP contribution in [0.3, 0.4) is 0 Å². The zero-order valence-electron chi connectivity index (χ0n) is 17.3. The second-order valence-corrected chi connectivity index (χ2v) is 9.45. The lowest BCUT2D eigenvalue weighted by molar-refractivity contribution is -0.125. The van der Waals surface area contributed by atoms with E-state index in [0.29, 0.717) is 38.3 Å². The summed E-state index contributed by atoms with van der Waals surface area (Å²) in [6.07, 6.45) is 4.47. The Hall–Kier alpha value is -2.45. The normalized spacial score (nSPS) is 17.4. The highest BCUT2D eigenvalue weighted by molar-refractivity contribution is 7.89. The van der Waals surface area contributed by atoms with Gasteiger partial charge in [0, 0.05) is 19.3 Å². The maximum atomic E-state index is 12.8. The van der Waals surface area contributed by atoms with E-state index in [2.05, 4.69) is 10.3 Å². The van der Waals surface area contributed by atoms with Crippen molar-refractivity contribution in [2.24, 2.45) is 0 Å². The SMILES string of the molecule is CCCS(=O)(=O)N1CCCCC1C(=O)NCc1cccc(OCc2ccccn2)c1. The molecule has 1 aromatic heterocycles. The zero-order chi connectivity index (χ0) is 21.4. The molecule has 30 heavy (non-hydrogen) atoms. The molecular formula is C22H29N3O4S. The number of hydrogen-bond acceptors (Lipinski definition) is 5. The standard InChI is InChI=1S/C22H29N3O4S/c1-2-14-30(27,28)25-13-6-4-11-21(25)22(26)24-16-18-8-7-10-20(15-18)29-17-19-9-3-5-12-23-19/h3,5,7-10,12,15,21H,2,4,6,11,13-14,16-17H2,1H3,(H,24,26). The van der Waals surface area contributed by atoms with Crippen molar-refractivity contribution in [1.29, 1.82) is 0 Å². The van der Waals surface area contributed by atoms with Crippen molar-refractivity contribution < 1.29 is 17.9 Å². The smallest absolute Gasteiger partial charge is 0.238 e. The summed E-state index contributed by atoms with van der Waals surface area (Å²) in [6.45, 7) is 2.93. The van der Waals surface area contributed by atoms with Crippen LogP contribution < -0.4 is 10.1 Å². The van der Waals surface area contributed by atoms with E-state index < -0.39 is 16.1 Å². The molecule has 0 saturated carbocycles. The summed E-state index contributed by atoms with van der Waals surface area (Å²) in [6, 6.07) is 12.5. The van der Waals surface area contributed by atoms with Gasteiger partial charge in [-0.1, -0.05) is 31.5 Å². The van der Waals surface area contributed by atoms with E-state index in [9.17, 15) is 13.2 Å². The first-order chi connectivity index (χ1) is 14.5. The van der Waals surface area contributed by atoms with Crippen LogP contribution in [0.15, 0.2) is 48.7 Å². The molecule has 0 bridgehead atoms. The first kappa shape index (κ1) is 22.2. The van der Waals surface area contributed by atoms with Crippen molar-refractivity contribution in [1.82, 2.24) is 14.6 Å². The Kier molecular flexibility index (Phi) is 7.81. The summed E-state index contributed by atoms with van der Waals surface area (Å²) >= 11 is 0. The number of piperidine rings is 1. The number of carbonyl (C=O) groups is 1. The number of sulfonamides is 1. The van der Waals surface area contributed by atoms with Gasteiger partial charge in [0.1, 0.15) is 18.4 Å². The van der Waals surface area contributed by atoms with Gasteiger partial charge in [-0.05, 0) is 49.1 Å². The van der Waals surface area contributed by atoms with Crippen LogP contribution in [0.4, 0.5) is 0 Å². The van der Waals surface area contributed by atoms with Crippen LogP contribution in [0.5, 0.6) is 5.75 Å². The molecule has 162 valence electrons. The van der Waals surface area contributed by atoms with Gasteiger partial charge in [-0.25, -0.2) is 8.42 Å². The topological polar surface area (TPSA) is 88.6 Å². The molecule has 0 radical (unpaired) electrons. The summed E-state index contributed by atoms with van der Waals surface area (Å²) in [7, 11) is -3.40. The first-order valence-electron chi connectivity index (χ1n) is 10.4. The highest BCUT2D eigenvalue weighted by Crippen LogP contribution is 2.22. The summed E-state index contributed by atoms with van der Waals surface area (Å²) in [5, 5.41) is 2.90. The Bertz CT molecular complexity index is 934. The maximum Gasteiger partial charge on any atom is 0.238 e. The van der Waals surface area contributed by atoms with Gasteiger partial charge in [-0.2, -0.15) is 4.31 Å². The van der Waals surface area contributed by atoms with Gasteiger partial charge in [0.15, 0.2) is 0 Å². The molecule has 0 spiro atoms. The largest absolute Gasteiger partial charge is 0.487 e. The lowest BCUT2D eigenvalue weighted by Crippen LogP contribution is -2.52. The van der Waals surface area contributed by atoms with Crippen molar-refractivity contribution in [2.45, 2.75) is 51.8 Å². The van der Waals surface area contributed by atoms with E-state index in [0.717, 1.165) is 24.1 Å². The van der Waals surface area contributed by atoms with Crippen molar-refractivity contribution in [3.63, 3.8) is 0 Å². The number of pyridine rings is 1. The average molecular weight is 432 g/mol. The molecule has 1 unspecified atom stereocenters. The fourth-order valence-electron chi connectivity index (χ4n) is 3.57. The fourth-order valence-corrected chi connectivity index (χ4v) is 5.31. The number of ether oxygens (including phenoxy) is 1. The zero-order valence-corrected chi connectivity index (χ0v) is 18.1. The lowest BCUT2D eigenvalue weighted by Gasteiger charge is -2.33. The average Bonchev–Trinajstić information content (AvgIpc) is 2.77. The van der Waals surface area contributed by atoms with E-state index in [4.69, 9.17) is 4.74 Å². The monoisotopic (exact) mass is 431 g/mol. The van der Waals surface area contributed by atoms with Crippen molar-refractivity contribution in [3.05, 3.63) is 59.9 Å². The molecule has 1 aliphatic heterocycles. The minimum Gasteiger partial charge on any atom is -0.487 e. The third kappa shape index (κ3) is 6.03. The van der Waals surface area contributed by atoms with Gasteiger partial charge in [0.05, 0.1) is 11.4 Å². The molecular weight excluding hydrogens is 402 g/mol. The summed E-state index contributed by atoms with van der Waals surface area (Å²) in [5.41, 5.74) is 1.72. The Labute approximate surface area is 178 Å². The van der Waals surface area contributed by atoms with E-state index in [1.54, 1.807) is 6.20 Å². The molecule has 1 N–H and O–H groups in total. The maximum absolute atomic E-state index is 12.8. The van der Waals surface area contributed by atoms with E-state index in [1.807, 2.05) is 49.4 Å². The fraction of sp³-hybridized carbons (Fsp3) is 0.455. The Morgan fingerprint density at radius 2 is 2.10 bits per heavy atom.